The SMILES string of the molecule is CCC(C)CC1(NC)CC1C(C)(C)CC(C)C. The Morgan fingerprint density at radius 3 is 2.29 bits per heavy atom. The lowest BCUT2D eigenvalue weighted by atomic mass is 9.77. The quantitative estimate of drug-likeness (QED) is 0.691. The van der Waals surface area contributed by atoms with E-state index in [2.05, 4.69) is 53.9 Å². The first-order valence-electron chi connectivity index (χ1n) is 7.46. The van der Waals surface area contributed by atoms with Gasteiger partial charge < -0.3 is 5.32 Å². The van der Waals surface area contributed by atoms with Gasteiger partial charge in [-0.15, -0.1) is 0 Å². The average molecular weight is 239 g/mol. The van der Waals surface area contributed by atoms with E-state index in [0.717, 1.165) is 17.8 Å². The summed E-state index contributed by atoms with van der Waals surface area (Å²) < 4.78 is 0. The Labute approximate surface area is 109 Å². The Kier molecular flexibility index (Phi) is 4.68. The molecule has 1 aliphatic carbocycles. The maximum atomic E-state index is 3.65. The van der Waals surface area contributed by atoms with Crippen LogP contribution in [0.4, 0.5) is 0 Å². The lowest BCUT2D eigenvalue weighted by molar-refractivity contribution is 0.206. The highest BCUT2D eigenvalue weighted by atomic mass is 15.0. The van der Waals surface area contributed by atoms with Crippen LogP contribution in [0.25, 0.3) is 0 Å². The Bertz CT molecular complexity index is 244. The van der Waals surface area contributed by atoms with Crippen LogP contribution in [0.3, 0.4) is 0 Å². The molecule has 17 heavy (non-hydrogen) atoms. The minimum Gasteiger partial charge on any atom is -0.314 e. The summed E-state index contributed by atoms with van der Waals surface area (Å²) in [6.45, 7) is 14.3. The van der Waals surface area contributed by atoms with Crippen molar-refractivity contribution in [1.29, 1.82) is 0 Å². The van der Waals surface area contributed by atoms with E-state index < -0.39 is 0 Å². The summed E-state index contributed by atoms with van der Waals surface area (Å²) in [5.41, 5.74) is 0.943. The fraction of sp³-hybridized carbons (Fsp3) is 1.00. The van der Waals surface area contributed by atoms with Crippen molar-refractivity contribution >= 4 is 0 Å². The second kappa shape index (κ2) is 5.30. The van der Waals surface area contributed by atoms with Gasteiger partial charge in [0.1, 0.15) is 0 Å². The lowest BCUT2D eigenvalue weighted by Crippen LogP contribution is -2.36. The molecule has 0 radical (unpaired) electrons. The largest absolute Gasteiger partial charge is 0.314 e. The molecule has 0 aliphatic heterocycles. The van der Waals surface area contributed by atoms with Crippen LogP contribution >= 0.6 is 0 Å². The molecule has 0 heterocycles. The highest BCUT2D eigenvalue weighted by molar-refractivity contribution is 5.14. The van der Waals surface area contributed by atoms with Crippen LogP contribution < -0.4 is 5.32 Å². The summed E-state index contributed by atoms with van der Waals surface area (Å²) in [6.07, 6.45) is 5.39. The molecule has 0 aromatic heterocycles. The molecule has 0 aromatic carbocycles. The molecule has 0 spiro atoms. The highest BCUT2D eigenvalue weighted by Crippen LogP contribution is 2.58. The molecule has 1 aliphatic rings. The Morgan fingerprint density at radius 2 is 1.88 bits per heavy atom. The third-order valence-electron chi connectivity index (χ3n) is 4.86. The zero-order chi connectivity index (χ0) is 13.3. The van der Waals surface area contributed by atoms with Crippen LogP contribution in [0.1, 0.15) is 67.2 Å². The summed E-state index contributed by atoms with van der Waals surface area (Å²) in [6, 6.07) is 0. The average Bonchev–Trinajstić information content (AvgIpc) is 2.92. The molecule has 3 unspecified atom stereocenters. The molecule has 1 saturated carbocycles. The molecule has 1 nitrogen and oxygen atoms in total. The minimum absolute atomic E-state index is 0.452. The van der Waals surface area contributed by atoms with Crippen molar-refractivity contribution in [2.24, 2.45) is 23.2 Å². The second-order valence-electron chi connectivity index (χ2n) is 7.47. The van der Waals surface area contributed by atoms with Gasteiger partial charge in [0.05, 0.1) is 0 Å². The zero-order valence-electron chi connectivity index (χ0n) is 13.1. The van der Waals surface area contributed by atoms with E-state index in [1.807, 2.05) is 0 Å². The van der Waals surface area contributed by atoms with Gasteiger partial charge in [0.25, 0.3) is 0 Å². The van der Waals surface area contributed by atoms with E-state index in [9.17, 15) is 0 Å². The van der Waals surface area contributed by atoms with Gasteiger partial charge in [-0.1, -0.05) is 48.0 Å². The Morgan fingerprint density at radius 1 is 1.29 bits per heavy atom. The minimum atomic E-state index is 0.452. The zero-order valence-corrected chi connectivity index (χ0v) is 13.1. The lowest BCUT2D eigenvalue weighted by Gasteiger charge is -2.31. The first kappa shape index (κ1) is 15.0. The van der Waals surface area contributed by atoms with Gasteiger partial charge in [-0.25, -0.2) is 0 Å². The topological polar surface area (TPSA) is 12.0 Å². The molecule has 1 rings (SSSR count). The highest BCUT2D eigenvalue weighted by Gasteiger charge is 2.59. The predicted octanol–water partition coefficient (Wildman–Crippen LogP) is 4.47. The summed E-state index contributed by atoms with van der Waals surface area (Å²) in [5, 5.41) is 3.65. The summed E-state index contributed by atoms with van der Waals surface area (Å²) in [5.74, 6) is 2.53. The van der Waals surface area contributed by atoms with Crippen molar-refractivity contribution in [1.82, 2.24) is 5.32 Å². The van der Waals surface area contributed by atoms with Gasteiger partial charge in [0.15, 0.2) is 0 Å². The van der Waals surface area contributed by atoms with Crippen molar-refractivity contribution in [2.75, 3.05) is 7.05 Å². The first-order chi connectivity index (χ1) is 7.77. The standard InChI is InChI=1S/C16H33N/c1-8-13(4)10-16(17-7)11-14(16)15(5,6)9-12(2)3/h12-14,17H,8-11H2,1-7H3. The van der Waals surface area contributed by atoms with E-state index in [4.69, 9.17) is 0 Å². The van der Waals surface area contributed by atoms with Crippen molar-refractivity contribution < 1.29 is 0 Å². The number of rotatable bonds is 7. The smallest absolute Gasteiger partial charge is 0.0218 e. The Hall–Kier alpha value is -0.0400. The van der Waals surface area contributed by atoms with Crippen molar-refractivity contribution in [3.8, 4) is 0 Å². The normalized spacial score (nSPS) is 30.7. The molecular formula is C16H33N. The third-order valence-corrected chi connectivity index (χ3v) is 4.86. The van der Waals surface area contributed by atoms with Crippen molar-refractivity contribution in [3.63, 3.8) is 0 Å². The molecule has 0 aromatic rings. The molecule has 102 valence electrons. The number of nitrogens with one attached hydrogen (secondary N) is 1. The Balaban J connectivity index is 2.63. The van der Waals surface area contributed by atoms with Crippen LogP contribution in [-0.4, -0.2) is 12.6 Å². The van der Waals surface area contributed by atoms with Gasteiger partial charge in [-0.2, -0.15) is 0 Å². The monoisotopic (exact) mass is 239 g/mol. The van der Waals surface area contributed by atoms with E-state index in [0.29, 0.717) is 11.0 Å². The fourth-order valence-electron chi connectivity index (χ4n) is 3.89. The molecule has 0 amide bonds. The van der Waals surface area contributed by atoms with Gasteiger partial charge in [-0.05, 0) is 49.5 Å². The summed E-state index contributed by atoms with van der Waals surface area (Å²) in [7, 11) is 2.16. The summed E-state index contributed by atoms with van der Waals surface area (Å²) in [4.78, 5) is 0. The van der Waals surface area contributed by atoms with E-state index >= 15 is 0 Å². The van der Waals surface area contributed by atoms with E-state index in [-0.39, 0.29) is 0 Å². The van der Waals surface area contributed by atoms with Crippen molar-refractivity contribution in [2.45, 2.75) is 72.8 Å². The molecule has 1 heteroatoms. The van der Waals surface area contributed by atoms with E-state index in [1.165, 1.54) is 25.7 Å². The summed E-state index contributed by atoms with van der Waals surface area (Å²) >= 11 is 0. The molecule has 1 N–H and O–H groups in total. The van der Waals surface area contributed by atoms with Gasteiger partial charge in [0, 0.05) is 5.54 Å². The third kappa shape index (κ3) is 3.47. The molecule has 3 atom stereocenters. The number of hydrogen-bond donors (Lipinski definition) is 1. The first-order valence-corrected chi connectivity index (χ1v) is 7.46. The molecule has 0 bridgehead atoms. The van der Waals surface area contributed by atoms with E-state index in [1.54, 1.807) is 0 Å². The van der Waals surface area contributed by atoms with Gasteiger partial charge in [0.2, 0.25) is 0 Å². The van der Waals surface area contributed by atoms with Crippen LogP contribution in [0.2, 0.25) is 0 Å². The van der Waals surface area contributed by atoms with Crippen LogP contribution in [0.15, 0.2) is 0 Å². The maximum absolute atomic E-state index is 3.65. The molecular weight excluding hydrogens is 206 g/mol. The fourth-order valence-corrected chi connectivity index (χ4v) is 3.89. The van der Waals surface area contributed by atoms with Crippen LogP contribution in [0.5, 0.6) is 0 Å². The molecule has 1 fully saturated rings. The maximum Gasteiger partial charge on any atom is 0.0218 e. The predicted molar refractivity (Wildman–Crippen MR) is 77.2 cm³/mol. The molecule has 0 saturated heterocycles. The second-order valence-corrected chi connectivity index (χ2v) is 7.47. The van der Waals surface area contributed by atoms with Crippen LogP contribution in [0, 0.1) is 23.2 Å². The van der Waals surface area contributed by atoms with Crippen LogP contribution in [-0.2, 0) is 0 Å². The van der Waals surface area contributed by atoms with Gasteiger partial charge >= 0.3 is 0 Å². The van der Waals surface area contributed by atoms with Crippen molar-refractivity contribution in [3.05, 3.63) is 0 Å². The number of hydrogen-bond acceptors (Lipinski definition) is 1. The van der Waals surface area contributed by atoms with Gasteiger partial charge in [-0.3, -0.25) is 0 Å².